The highest BCUT2D eigenvalue weighted by molar-refractivity contribution is 7.80. The van der Waals surface area contributed by atoms with E-state index in [0.717, 1.165) is 6.42 Å². The van der Waals surface area contributed by atoms with Gasteiger partial charge in [-0.2, -0.15) is 0 Å². The molecule has 2 aliphatic heterocycles. The number of thiocarbonyl (C=S) groups is 1. The lowest BCUT2D eigenvalue weighted by Gasteiger charge is -2.40. The van der Waals surface area contributed by atoms with E-state index in [4.69, 9.17) is 21.7 Å². The van der Waals surface area contributed by atoms with Crippen LogP contribution < -0.4 is 5.32 Å². The van der Waals surface area contributed by atoms with Gasteiger partial charge in [0.05, 0.1) is 24.2 Å². The number of esters is 1. The SMILES string of the molecule is COC(=O)C1NC(=S)C2CCC1N2C(=O)OC(C)(C)C. The number of fused-ring (bicyclic) bond motifs is 2. The maximum absolute atomic E-state index is 12.3. The van der Waals surface area contributed by atoms with E-state index in [9.17, 15) is 9.59 Å². The van der Waals surface area contributed by atoms with Crippen molar-refractivity contribution in [3.05, 3.63) is 0 Å². The Morgan fingerprint density at radius 2 is 2.00 bits per heavy atom. The summed E-state index contributed by atoms with van der Waals surface area (Å²) >= 11 is 5.27. The second-order valence-corrected chi connectivity index (χ2v) is 6.50. The molecular formula is C13H20N2O4S. The minimum absolute atomic E-state index is 0.189. The van der Waals surface area contributed by atoms with Crippen molar-refractivity contribution < 1.29 is 19.1 Å². The third-order valence-electron chi connectivity index (χ3n) is 3.47. The van der Waals surface area contributed by atoms with Crippen LogP contribution >= 0.6 is 12.2 Å². The van der Waals surface area contributed by atoms with Crippen molar-refractivity contribution in [2.24, 2.45) is 0 Å². The quantitative estimate of drug-likeness (QED) is 0.580. The van der Waals surface area contributed by atoms with Gasteiger partial charge < -0.3 is 14.8 Å². The van der Waals surface area contributed by atoms with Crippen molar-refractivity contribution in [2.75, 3.05) is 7.11 Å². The van der Waals surface area contributed by atoms with Gasteiger partial charge in [0.25, 0.3) is 0 Å². The van der Waals surface area contributed by atoms with Crippen molar-refractivity contribution in [2.45, 2.75) is 57.3 Å². The molecule has 6 nitrogen and oxygen atoms in total. The largest absolute Gasteiger partial charge is 0.467 e. The third kappa shape index (κ3) is 2.72. The van der Waals surface area contributed by atoms with Gasteiger partial charge in [0.1, 0.15) is 11.6 Å². The summed E-state index contributed by atoms with van der Waals surface area (Å²) in [4.78, 5) is 26.3. The van der Waals surface area contributed by atoms with E-state index < -0.39 is 23.7 Å². The first-order valence-corrected chi connectivity index (χ1v) is 7.05. The zero-order valence-corrected chi connectivity index (χ0v) is 13.0. The van der Waals surface area contributed by atoms with Crippen LogP contribution in [0.5, 0.6) is 0 Å². The summed E-state index contributed by atoms with van der Waals surface area (Å²) in [5.74, 6) is -0.411. The second kappa shape index (κ2) is 5.20. The van der Waals surface area contributed by atoms with Gasteiger partial charge in [0.2, 0.25) is 0 Å². The van der Waals surface area contributed by atoms with Crippen LogP contribution in [0.4, 0.5) is 4.79 Å². The lowest BCUT2D eigenvalue weighted by molar-refractivity contribution is -0.144. The summed E-state index contributed by atoms with van der Waals surface area (Å²) in [6.45, 7) is 5.43. The van der Waals surface area contributed by atoms with E-state index in [-0.39, 0.29) is 12.1 Å². The Bertz CT molecular complexity index is 446. The number of carbonyl (C=O) groups is 2. The van der Waals surface area contributed by atoms with Gasteiger partial charge in [-0.3, -0.25) is 4.90 Å². The summed E-state index contributed by atoms with van der Waals surface area (Å²) in [6.07, 6.45) is 1.02. The van der Waals surface area contributed by atoms with E-state index >= 15 is 0 Å². The predicted molar refractivity (Wildman–Crippen MR) is 76.4 cm³/mol. The minimum Gasteiger partial charge on any atom is -0.467 e. The van der Waals surface area contributed by atoms with E-state index in [1.165, 1.54) is 7.11 Å². The molecule has 0 saturated carbocycles. The minimum atomic E-state index is -0.612. The molecule has 0 aromatic heterocycles. The van der Waals surface area contributed by atoms with Gasteiger partial charge in [-0.15, -0.1) is 0 Å². The number of amides is 1. The molecule has 1 N–H and O–H groups in total. The number of piperazine rings is 1. The molecule has 3 unspecified atom stereocenters. The highest BCUT2D eigenvalue weighted by atomic mass is 32.1. The van der Waals surface area contributed by atoms with Crippen LogP contribution in [0.25, 0.3) is 0 Å². The Kier molecular flexibility index (Phi) is 3.90. The maximum atomic E-state index is 12.3. The van der Waals surface area contributed by atoms with E-state index in [2.05, 4.69) is 5.32 Å². The molecule has 0 radical (unpaired) electrons. The smallest absolute Gasteiger partial charge is 0.411 e. The van der Waals surface area contributed by atoms with Gasteiger partial charge in [0, 0.05) is 0 Å². The highest BCUT2D eigenvalue weighted by Gasteiger charge is 2.51. The molecule has 0 aromatic rings. The normalized spacial score (nSPS) is 28.9. The number of methoxy groups -OCH3 is 1. The lowest BCUT2D eigenvalue weighted by atomic mass is 10.1. The second-order valence-electron chi connectivity index (χ2n) is 6.06. The molecule has 0 aromatic carbocycles. The fourth-order valence-electron chi connectivity index (χ4n) is 2.69. The van der Waals surface area contributed by atoms with Crippen molar-refractivity contribution in [1.29, 1.82) is 0 Å². The molecule has 2 aliphatic rings. The number of rotatable bonds is 1. The predicted octanol–water partition coefficient (Wildman–Crippen LogP) is 1.23. The fraction of sp³-hybridized carbons (Fsp3) is 0.769. The molecule has 2 bridgehead atoms. The van der Waals surface area contributed by atoms with Gasteiger partial charge in [0.15, 0.2) is 0 Å². The number of ether oxygens (including phenoxy) is 2. The van der Waals surface area contributed by atoms with Crippen molar-refractivity contribution >= 4 is 29.3 Å². The highest BCUT2D eigenvalue weighted by Crippen LogP contribution is 2.33. The summed E-state index contributed by atoms with van der Waals surface area (Å²) in [5.41, 5.74) is -0.580. The van der Waals surface area contributed by atoms with E-state index in [1.807, 2.05) is 20.8 Å². The molecule has 0 spiro atoms. The first-order chi connectivity index (χ1) is 9.24. The Balaban J connectivity index is 2.22. The standard InChI is InChI=1S/C13H20N2O4S/c1-13(2,3)19-12(17)15-7-5-6-8(15)10(20)14-9(7)11(16)18-4/h7-9H,5-6H2,1-4H3,(H,14,20). The van der Waals surface area contributed by atoms with E-state index in [0.29, 0.717) is 11.4 Å². The third-order valence-corrected chi connectivity index (χ3v) is 3.86. The average molecular weight is 300 g/mol. The zero-order valence-electron chi connectivity index (χ0n) is 12.1. The molecule has 2 fully saturated rings. The van der Waals surface area contributed by atoms with Crippen LogP contribution in [0.1, 0.15) is 33.6 Å². The fourth-order valence-corrected chi connectivity index (χ4v) is 3.05. The Morgan fingerprint density at radius 1 is 1.35 bits per heavy atom. The van der Waals surface area contributed by atoms with Crippen molar-refractivity contribution in [3.63, 3.8) is 0 Å². The molecule has 112 valence electrons. The molecule has 2 heterocycles. The Hall–Kier alpha value is -1.37. The van der Waals surface area contributed by atoms with Crippen LogP contribution in [0.2, 0.25) is 0 Å². The van der Waals surface area contributed by atoms with Crippen LogP contribution in [0.3, 0.4) is 0 Å². The molecular weight excluding hydrogens is 280 g/mol. The molecule has 2 rings (SSSR count). The number of hydrogen-bond acceptors (Lipinski definition) is 5. The van der Waals surface area contributed by atoms with Gasteiger partial charge in [-0.25, -0.2) is 9.59 Å². The molecule has 0 aliphatic carbocycles. The molecule has 20 heavy (non-hydrogen) atoms. The number of nitrogens with one attached hydrogen (secondary N) is 1. The van der Waals surface area contributed by atoms with Gasteiger partial charge in [-0.1, -0.05) is 12.2 Å². The van der Waals surface area contributed by atoms with Crippen molar-refractivity contribution in [3.8, 4) is 0 Å². The van der Waals surface area contributed by atoms with Crippen LogP contribution in [0, 0.1) is 0 Å². The van der Waals surface area contributed by atoms with Gasteiger partial charge in [-0.05, 0) is 33.6 Å². The molecule has 3 atom stereocenters. The summed E-state index contributed by atoms with van der Waals surface area (Å²) in [7, 11) is 1.33. The Morgan fingerprint density at radius 3 is 2.55 bits per heavy atom. The van der Waals surface area contributed by atoms with Crippen LogP contribution in [-0.2, 0) is 14.3 Å². The van der Waals surface area contributed by atoms with Crippen molar-refractivity contribution in [1.82, 2.24) is 10.2 Å². The summed E-state index contributed by atoms with van der Waals surface area (Å²) in [6, 6.07) is -1.07. The van der Waals surface area contributed by atoms with E-state index in [1.54, 1.807) is 4.90 Å². The zero-order chi connectivity index (χ0) is 15.1. The Labute approximate surface area is 123 Å². The first kappa shape index (κ1) is 15.0. The average Bonchev–Trinajstić information content (AvgIpc) is 2.70. The number of nitrogens with zero attached hydrogens (tertiary/aromatic N) is 1. The number of carbonyl (C=O) groups excluding carboxylic acids is 2. The van der Waals surface area contributed by atoms with Gasteiger partial charge >= 0.3 is 12.1 Å². The summed E-state index contributed by atoms with van der Waals surface area (Å²) < 4.78 is 10.2. The first-order valence-electron chi connectivity index (χ1n) is 6.64. The van der Waals surface area contributed by atoms with Crippen LogP contribution in [0.15, 0.2) is 0 Å². The monoisotopic (exact) mass is 300 g/mol. The molecule has 2 saturated heterocycles. The lowest BCUT2D eigenvalue weighted by Crippen LogP contribution is -2.64. The molecule has 1 amide bonds. The van der Waals surface area contributed by atoms with Crippen LogP contribution in [-0.4, -0.2) is 52.8 Å². The molecule has 7 heteroatoms. The number of hydrogen-bond donors (Lipinski definition) is 1. The topological polar surface area (TPSA) is 67.9 Å². The maximum Gasteiger partial charge on any atom is 0.411 e. The summed E-state index contributed by atoms with van der Waals surface area (Å²) in [5, 5.41) is 2.98.